The lowest BCUT2D eigenvalue weighted by Gasteiger charge is -2.35. The lowest BCUT2D eigenvalue weighted by molar-refractivity contribution is -0.0596. The quantitative estimate of drug-likeness (QED) is 0.729. The Morgan fingerprint density at radius 1 is 1.50 bits per heavy atom. The van der Waals surface area contributed by atoms with Crippen LogP contribution in [0.1, 0.15) is 43.9 Å². The number of halogens is 1. The molecule has 2 heterocycles. The Morgan fingerprint density at radius 3 is 2.94 bits per heavy atom. The predicted octanol–water partition coefficient (Wildman–Crippen LogP) is 3.20. The van der Waals surface area contributed by atoms with E-state index in [-0.39, 0.29) is 17.3 Å². The highest BCUT2D eigenvalue weighted by molar-refractivity contribution is 5.23. The standard InChI is InChI=1S/C13H18FNO/c1-9-12(14)11(4-6-15-9)10-5-7-16-13(2,3)8-10/h4,6,10H,5,7-8H2,1-3H3. The molecular weight excluding hydrogens is 205 g/mol. The molecule has 1 unspecified atom stereocenters. The summed E-state index contributed by atoms with van der Waals surface area (Å²) in [7, 11) is 0. The van der Waals surface area contributed by atoms with E-state index in [0.717, 1.165) is 18.4 Å². The van der Waals surface area contributed by atoms with Crippen molar-refractivity contribution in [3.63, 3.8) is 0 Å². The molecule has 1 aliphatic heterocycles. The van der Waals surface area contributed by atoms with E-state index in [1.165, 1.54) is 0 Å². The highest BCUT2D eigenvalue weighted by atomic mass is 19.1. The van der Waals surface area contributed by atoms with Gasteiger partial charge >= 0.3 is 0 Å². The second-order valence-corrected chi connectivity index (χ2v) is 5.10. The molecule has 0 amide bonds. The summed E-state index contributed by atoms with van der Waals surface area (Å²) in [6, 6.07) is 1.80. The minimum absolute atomic E-state index is 0.146. The van der Waals surface area contributed by atoms with Gasteiger partial charge in [-0.05, 0) is 51.2 Å². The number of nitrogens with zero attached hydrogens (tertiary/aromatic N) is 1. The summed E-state index contributed by atoms with van der Waals surface area (Å²) in [5.74, 6) is 0.107. The summed E-state index contributed by atoms with van der Waals surface area (Å²) in [6.45, 7) is 6.54. The summed E-state index contributed by atoms with van der Waals surface area (Å²) < 4.78 is 19.6. The monoisotopic (exact) mass is 223 g/mol. The van der Waals surface area contributed by atoms with Crippen LogP contribution in [0, 0.1) is 12.7 Å². The SMILES string of the molecule is Cc1nccc(C2CCOC(C)(C)C2)c1F. The van der Waals surface area contributed by atoms with E-state index in [4.69, 9.17) is 4.74 Å². The highest BCUT2D eigenvalue weighted by Gasteiger charge is 2.31. The average molecular weight is 223 g/mol. The van der Waals surface area contributed by atoms with Crippen LogP contribution in [0.15, 0.2) is 12.3 Å². The van der Waals surface area contributed by atoms with Gasteiger partial charge in [-0.25, -0.2) is 4.39 Å². The molecule has 2 rings (SSSR count). The number of aryl methyl sites for hydroxylation is 1. The first-order chi connectivity index (χ1) is 7.49. The molecule has 0 aromatic carbocycles. The van der Waals surface area contributed by atoms with E-state index in [2.05, 4.69) is 18.8 Å². The van der Waals surface area contributed by atoms with Crippen molar-refractivity contribution in [2.45, 2.75) is 45.1 Å². The highest BCUT2D eigenvalue weighted by Crippen LogP contribution is 2.36. The molecule has 1 aliphatic rings. The first-order valence-electron chi connectivity index (χ1n) is 5.74. The molecule has 1 aromatic heterocycles. The summed E-state index contributed by atoms with van der Waals surface area (Å²) in [6.07, 6.45) is 3.45. The van der Waals surface area contributed by atoms with E-state index < -0.39 is 0 Å². The normalized spacial score (nSPS) is 24.4. The number of rotatable bonds is 1. The smallest absolute Gasteiger partial charge is 0.147 e. The van der Waals surface area contributed by atoms with Crippen molar-refractivity contribution in [1.29, 1.82) is 0 Å². The summed E-state index contributed by atoms with van der Waals surface area (Å²) in [5, 5.41) is 0. The van der Waals surface area contributed by atoms with Crippen molar-refractivity contribution >= 4 is 0 Å². The van der Waals surface area contributed by atoms with Crippen molar-refractivity contribution in [3.05, 3.63) is 29.3 Å². The first kappa shape index (κ1) is 11.5. The zero-order valence-electron chi connectivity index (χ0n) is 10.1. The minimum Gasteiger partial charge on any atom is -0.376 e. The van der Waals surface area contributed by atoms with Crippen molar-refractivity contribution < 1.29 is 9.13 Å². The molecular formula is C13H18FNO. The first-order valence-corrected chi connectivity index (χ1v) is 5.74. The molecule has 1 aromatic rings. The lowest BCUT2D eigenvalue weighted by Crippen LogP contribution is -2.33. The van der Waals surface area contributed by atoms with Crippen LogP contribution >= 0.6 is 0 Å². The molecule has 1 fully saturated rings. The number of hydrogen-bond acceptors (Lipinski definition) is 2. The van der Waals surface area contributed by atoms with Crippen molar-refractivity contribution in [2.75, 3.05) is 6.61 Å². The Hall–Kier alpha value is -0.960. The van der Waals surface area contributed by atoms with Crippen molar-refractivity contribution in [2.24, 2.45) is 0 Å². The maximum atomic E-state index is 13.9. The number of ether oxygens (including phenoxy) is 1. The maximum absolute atomic E-state index is 13.9. The van der Waals surface area contributed by atoms with Crippen LogP contribution in [0.3, 0.4) is 0 Å². The lowest BCUT2D eigenvalue weighted by atomic mass is 9.83. The van der Waals surface area contributed by atoms with Crippen LogP contribution in [0.25, 0.3) is 0 Å². The Kier molecular flexibility index (Phi) is 2.98. The number of pyridine rings is 1. The molecule has 1 saturated heterocycles. The molecule has 2 nitrogen and oxygen atoms in total. The number of aromatic nitrogens is 1. The Balaban J connectivity index is 2.27. The predicted molar refractivity (Wildman–Crippen MR) is 60.9 cm³/mol. The molecule has 3 heteroatoms. The summed E-state index contributed by atoms with van der Waals surface area (Å²) >= 11 is 0. The molecule has 16 heavy (non-hydrogen) atoms. The van der Waals surface area contributed by atoms with Gasteiger partial charge in [-0.15, -0.1) is 0 Å². The van der Waals surface area contributed by atoms with Crippen molar-refractivity contribution in [1.82, 2.24) is 4.98 Å². The Labute approximate surface area is 95.8 Å². The van der Waals surface area contributed by atoms with Crippen molar-refractivity contribution in [3.8, 4) is 0 Å². The fourth-order valence-corrected chi connectivity index (χ4v) is 2.38. The third-order valence-electron chi connectivity index (χ3n) is 3.23. The molecule has 88 valence electrons. The topological polar surface area (TPSA) is 22.1 Å². The van der Waals surface area contributed by atoms with Crippen LogP contribution in [0.5, 0.6) is 0 Å². The number of hydrogen-bond donors (Lipinski definition) is 0. The van der Waals surface area contributed by atoms with Gasteiger partial charge in [-0.2, -0.15) is 0 Å². The van der Waals surface area contributed by atoms with E-state index in [9.17, 15) is 4.39 Å². The van der Waals surface area contributed by atoms with E-state index >= 15 is 0 Å². The van der Waals surface area contributed by atoms with E-state index in [1.807, 2.05) is 0 Å². The second-order valence-electron chi connectivity index (χ2n) is 5.10. The molecule has 0 N–H and O–H groups in total. The molecule has 1 atom stereocenters. The van der Waals surface area contributed by atoms with E-state index in [1.54, 1.807) is 19.2 Å². The average Bonchev–Trinajstić information content (AvgIpc) is 2.20. The van der Waals surface area contributed by atoms with Crippen LogP contribution in [-0.2, 0) is 4.74 Å². The third-order valence-corrected chi connectivity index (χ3v) is 3.23. The largest absolute Gasteiger partial charge is 0.376 e. The van der Waals surface area contributed by atoms with Gasteiger partial charge < -0.3 is 4.74 Å². The molecule has 0 spiro atoms. The summed E-state index contributed by atoms with van der Waals surface area (Å²) in [4.78, 5) is 3.96. The van der Waals surface area contributed by atoms with Gasteiger partial charge in [0.15, 0.2) is 0 Å². The molecule has 0 bridgehead atoms. The van der Waals surface area contributed by atoms with Gasteiger partial charge in [0.05, 0.1) is 11.3 Å². The molecule has 0 saturated carbocycles. The van der Waals surface area contributed by atoms with E-state index in [0.29, 0.717) is 12.3 Å². The van der Waals surface area contributed by atoms with Crippen LogP contribution in [0.2, 0.25) is 0 Å². The van der Waals surface area contributed by atoms with Gasteiger partial charge in [0.1, 0.15) is 5.82 Å². The van der Waals surface area contributed by atoms with Gasteiger partial charge in [0, 0.05) is 12.8 Å². The van der Waals surface area contributed by atoms with Gasteiger partial charge in [0.25, 0.3) is 0 Å². The third kappa shape index (κ3) is 2.24. The minimum atomic E-state index is -0.148. The molecule has 0 radical (unpaired) electrons. The van der Waals surface area contributed by atoms with Crippen LogP contribution in [0.4, 0.5) is 4.39 Å². The zero-order chi connectivity index (χ0) is 11.8. The Bertz CT molecular complexity index is 390. The fourth-order valence-electron chi connectivity index (χ4n) is 2.38. The molecule has 0 aliphatic carbocycles. The second kappa shape index (κ2) is 4.13. The van der Waals surface area contributed by atoms with Gasteiger partial charge in [-0.3, -0.25) is 4.98 Å². The Morgan fingerprint density at radius 2 is 2.25 bits per heavy atom. The zero-order valence-corrected chi connectivity index (χ0v) is 10.1. The van der Waals surface area contributed by atoms with Crippen LogP contribution in [-0.4, -0.2) is 17.2 Å². The van der Waals surface area contributed by atoms with Crippen LogP contribution < -0.4 is 0 Å². The van der Waals surface area contributed by atoms with Gasteiger partial charge in [-0.1, -0.05) is 0 Å². The fraction of sp³-hybridized carbons (Fsp3) is 0.615. The summed E-state index contributed by atoms with van der Waals surface area (Å²) in [5.41, 5.74) is 1.14. The maximum Gasteiger partial charge on any atom is 0.147 e. The van der Waals surface area contributed by atoms with Gasteiger partial charge in [0.2, 0.25) is 0 Å².